The van der Waals surface area contributed by atoms with Crippen LogP contribution in [0, 0.1) is 0 Å². The molecule has 0 spiro atoms. The van der Waals surface area contributed by atoms with E-state index in [-0.39, 0.29) is 0 Å². The molecule has 3 heteroatoms. The van der Waals surface area contributed by atoms with Crippen molar-refractivity contribution in [3.63, 3.8) is 0 Å². The summed E-state index contributed by atoms with van der Waals surface area (Å²) in [5, 5.41) is 7.75. The van der Waals surface area contributed by atoms with Crippen LogP contribution < -0.4 is 5.32 Å². The highest BCUT2D eigenvalue weighted by Gasteiger charge is 2.05. The van der Waals surface area contributed by atoms with Gasteiger partial charge < -0.3 is 5.32 Å². The van der Waals surface area contributed by atoms with E-state index in [0.717, 1.165) is 6.54 Å². The lowest BCUT2D eigenvalue weighted by atomic mass is 10.3. The second-order valence-electron chi connectivity index (χ2n) is 3.20. The zero-order chi connectivity index (χ0) is 9.80. The predicted molar refractivity (Wildman–Crippen MR) is 63.9 cm³/mol. The van der Waals surface area contributed by atoms with Crippen LogP contribution in [-0.2, 0) is 6.54 Å². The molecule has 2 rings (SSSR count). The van der Waals surface area contributed by atoms with Crippen LogP contribution in [0.4, 0.5) is 0 Å². The molecule has 2 aromatic heterocycles. The van der Waals surface area contributed by atoms with Gasteiger partial charge in [0.25, 0.3) is 0 Å². The maximum atomic E-state index is 3.51. The highest BCUT2D eigenvalue weighted by molar-refractivity contribution is 7.10. The normalized spacial score (nSPS) is 12.9. The van der Waals surface area contributed by atoms with Crippen LogP contribution in [0.5, 0.6) is 0 Å². The molecule has 0 amide bonds. The van der Waals surface area contributed by atoms with Crippen LogP contribution >= 0.6 is 22.7 Å². The Morgan fingerprint density at radius 1 is 1.21 bits per heavy atom. The van der Waals surface area contributed by atoms with E-state index in [2.05, 4.69) is 47.3 Å². The molecule has 0 radical (unpaired) electrons. The summed E-state index contributed by atoms with van der Waals surface area (Å²) < 4.78 is 0. The monoisotopic (exact) mass is 223 g/mol. The molecule has 1 nitrogen and oxygen atoms in total. The molecule has 0 aliphatic rings. The molecule has 74 valence electrons. The van der Waals surface area contributed by atoms with Crippen molar-refractivity contribution in [2.75, 3.05) is 0 Å². The van der Waals surface area contributed by atoms with Gasteiger partial charge in [0, 0.05) is 22.3 Å². The lowest BCUT2D eigenvalue weighted by Gasteiger charge is -2.10. The first-order chi connectivity index (χ1) is 6.86. The standard InChI is InChI=1S/C11H13NS2/c1-9(11-5-3-7-14-11)12-8-10-4-2-6-13-10/h2-7,9,12H,8H2,1H3/t9-/m1/s1. The van der Waals surface area contributed by atoms with Crippen molar-refractivity contribution in [1.29, 1.82) is 0 Å². The van der Waals surface area contributed by atoms with Gasteiger partial charge in [0.05, 0.1) is 0 Å². The van der Waals surface area contributed by atoms with Crippen LogP contribution in [0.2, 0.25) is 0 Å². The summed E-state index contributed by atoms with van der Waals surface area (Å²) in [4.78, 5) is 2.80. The fourth-order valence-electron chi connectivity index (χ4n) is 1.31. The van der Waals surface area contributed by atoms with E-state index in [1.54, 1.807) is 11.3 Å². The minimum Gasteiger partial charge on any atom is -0.305 e. The van der Waals surface area contributed by atoms with E-state index in [1.165, 1.54) is 9.75 Å². The smallest absolute Gasteiger partial charge is 0.0389 e. The van der Waals surface area contributed by atoms with Crippen molar-refractivity contribution in [3.05, 3.63) is 44.8 Å². The van der Waals surface area contributed by atoms with Gasteiger partial charge in [-0.05, 0) is 29.8 Å². The van der Waals surface area contributed by atoms with Gasteiger partial charge in [0.2, 0.25) is 0 Å². The number of hydrogen-bond donors (Lipinski definition) is 1. The molecule has 2 aromatic rings. The largest absolute Gasteiger partial charge is 0.305 e. The summed E-state index contributed by atoms with van der Waals surface area (Å²) in [5.74, 6) is 0. The average molecular weight is 223 g/mol. The molecule has 1 N–H and O–H groups in total. The SMILES string of the molecule is C[C@@H](NCc1cccs1)c1cccs1. The van der Waals surface area contributed by atoms with Gasteiger partial charge in [0.15, 0.2) is 0 Å². The molecule has 0 aliphatic heterocycles. The molecule has 0 fully saturated rings. The van der Waals surface area contributed by atoms with Crippen molar-refractivity contribution in [3.8, 4) is 0 Å². The highest BCUT2D eigenvalue weighted by atomic mass is 32.1. The zero-order valence-corrected chi connectivity index (χ0v) is 9.70. The zero-order valence-electron chi connectivity index (χ0n) is 8.07. The average Bonchev–Trinajstić information content (AvgIpc) is 2.87. The van der Waals surface area contributed by atoms with E-state index >= 15 is 0 Å². The van der Waals surface area contributed by atoms with Crippen molar-refractivity contribution >= 4 is 22.7 Å². The van der Waals surface area contributed by atoms with Gasteiger partial charge in [-0.25, -0.2) is 0 Å². The number of nitrogens with one attached hydrogen (secondary N) is 1. The first-order valence-corrected chi connectivity index (χ1v) is 6.41. The third kappa shape index (κ3) is 2.44. The van der Waals surface area contributed by atoms with E-state index in [4.69, 9.17) is 0 Å². The van der Waals surface area contributed by atoms with Crippen LogP contribution in [0.1, 0.15) is 22.7 Å². The third-order valence-electron chi connectivity index (χ3n) is 2.13. The summed E-state index contributed by atoms with van der Waals surface area (Å²) >= 11 is 3.61. The van der Waals surface area contributed by atoms with E-state index < -0.39 is 0 Å². The summed E-state index contributed by atoms with van der Waals surface area (Å²) in [6.45, 7) is 3.18. The fraction of sp³-hybridized carbons (Fsp3) is 0.273. The van der Waals surface area contributed by atoms with Crippen LogP contribution in [0.3, 0.4) is 0 Å². The molecule has 0 aromatic carbocycles. The molecule has 1 atom stereocenters. The topological polar surface area (TPSA) is 12.0 Å². The van der Waals surface area contributed by atoms with Crippen LogP contribution in [0.15, 0.2) is 35.0 Å². The minimum absolute atomic E-state index is 0.456. The Balaban J connectivity index is 1.87. The Hall–Kier alpha value is -0.640. The molecule has 0 saturated carbocycles. The van der Waals surface area contributed by atoms with Gasteiger partial charge in [0.1, 0.15) is 0 Å². The van der Waals surface area contributed by atoms with Crippen LogP contribution in [-0.4, -0.2) is 0 Å². The van der Waals surface area contributed by atoms with Gasteiger partial charge >= 0.3 is 0 Å². The van der Waals surface area contributed by atoms with Crippen molar-refractivity contribution in [2.45, 2.75) is 19.5 Å². The molecule has 0 unspecified atom stereocenters. The lowest BCUT2D eigenvalue weighted by molar-refractivity contribution is 0.587. The summed E-state index contributed by atoms with van der Waals surface area (Å²) in [7, 11) is 0. The predicted octanol–water partition coefficient (Wildman–Crippen LogP) is 3.66. The van der Waals surface area contributed by atoms with E-state index in [1.807, 2.05) is 11.3 Å². The Labute approximate surface area is 92.4 Å². The first-order valence-electron chi connectivity index (χ1n) is 4.65. The quantitative estimate of drug-likeness (QED) is 0.834. The molecular weight excluding hydrogens is 210 g/mol. The number of thiophene rings is 2. The number of rotatable bonds is 4. The molecule has 0 bridgehead atoms. The van der Waals surface area contributed by atoms with E-state index in [0.29, 0.717) is 6.04 Å². The maximum Gasteiger partial charge on any atom is 0.0389 e. The summed E-state index contributed by atoms with van der Waals surface area (Å²) in [6.07, 6.45) is 0. The minimum atomic E-state index is 0.456. The van der Waals surface area contributed by atoms with Gasteiger partial charge in [-0.2, -0.15) is 0 Å². The van der Waals surface area contributed by atoms with Crippen LogP contribution in [0.25, 0.3) is 0 Å². The third-order valence-corrected chi connectivity index (χ3v) is 4.06. The van der Waals surface area contributed by atoms with Crippen molar-refractivity contribution in [2.24, 2.45) is 0 Å². The van der Waals surface area contributed by atoms with Gasteiger partial charge in [-0.1, -0.05) is 12.1 Å². The second-order valence-corrected chi connectivity index (χ2v) is 5.21. The van der Waals surface area contributed by atoms with Crippen molar-refractivity contribution < 1.29 is 0 Å². The lowest BCUT2D eigenvalue weighted by Crippen LogP contribution is -2.16. The summed E-state index contributed by atoms with van der Waals surface area (Å²) in [5.41, 5.74) is 0. The molecular formula is C11H13NS2. The Kier molecular flexibility index (Phi) is 3.35. The Bertz CT molecular complexity index is 351. The number of hydrogen-bond acceptors (Lipinski definition) is 3. The second kappa shape index (κ2) is 4.73. The summed E-state index contributed by atoms with van der Waals surface area (Å²) in [6, 6.07) is 8.99. The molecule has 0 saturated heterocycles. The first kappa shape index (κ1) is 9.90. The molecule has 2 heterocycles. The molecule has 14 heavy (non-hydrogen) atoms. The Morgan fingerprint density at radius 2 is 2.00 bits per heavy atom. The maximum absolute atomic E-state index is 3.51. The molecule has 0 aliphatic carbocycles. The van der Waals surface area contributed by atoms with Gasteiger partial charge in [-0.15, -0.1) is 22.7 Å². The van der Waals surface area contributed by atoms with Crippen molar-refractivity contribution in [1.82, 2.24) is 5.32 Å². The highest BCUT2D eigenvalue weighted by Crippen LogP contribution is 2.19. The Morgan fingerprint density at radius 3 is 2.64 bits per heavy atom. The van der Waals surface area contributed by atoms with Gasteiger partial charge in [-0.3, -0.25) is 0 Å². The van der Waals surface area contributed by atoms with E-state index in [9.17, 15) is 0 Å². The fourth-order valence-corrected chi connectivity index (χ4v) is 2.72.